The molecule has 0 aromatic heterocycles. The molecule has 1 fully saturated rings. The number of amidine groups is 1. The lowest BCUT2D eigenvalue weighted by molar-refractivity contribution is 0.0309. The van der Waals surface area contributed by atoms with Crippen LogP contribution in [-0.4, -0.2) is 11.9 Å². The van der Waals surface area contributed by atoms with Crippen LogP contribution in [0.3, 0.4) is 0 Å². The number of rotatable bonds is 4. The van der Waals surface area contributed by atoms with Crippen molar-refractivity contribution in [2.24, 2.45) is 5.73 Å². The van der Waals surface area contributed by atoms with Crippen LogP contribution in [0.5, 0.6) is 0 Å². The van der Waals surface area contributed by atoms with E-state index in [9.17, 15) is 0 Å². The molecule has 0 amide bonds. The fraction of sp³-hybridized carbons (Fsp3) is 0.533. The van der Waals surface area contributed by atoms with Crippen molar-refractivity contribution < 1.29 is 4.74 Å². The van der Waals surface area contributed by atoms with Gasteiger partial charge in [-0.1, -0.05) is 49.9 Å². The van der Waals surface area contributed by atoms with Crippen molar-refractivity contribution in [2.75, 3.05) is 0 Å². The Labute approximate surface area is 109 Å². The highest BCUT2D eigenvalue weighted by molar-refractivity contribution is 5.96. The molecule has 0 saturated heterocycles. The van der Waals surface area contributed by atoms with Crippen LogP contribution in [0.1, 0.15) is 49.7 Å². The third-order valence-corrected chi connectivity index (χ3v) is 3.58. The quantitative estimate of drug-likeness (QED) is 0.487. The first-order valence-corrected chi connectivity index (χ1v) is 6.81. The molecule has 0 unspecified atom stereocenters. The second-order valence-corrected chi connectivity index (χ2v) is 5.00. The van der Waals surface area contributed by atoms with E-state index in [1.165, 1.54) is 38.5 Å². The van der Waals surface area contributed by atoms with Crippen LogP contribution < -0.4 is 5.73 Å². The summed E-state index contributed by atoms with van der Waals surface area (Å²) in [5, 5.41) is 7.56. The Hall–Kier alpha value is -1.35. The molecule has 2 rings (SSSR count). The molecule has 0 heterocycles. The average molecular weight is 246 g/mol. The summed E-state index contributed by atoms with van der Waals surface area (Å²) in [6.07, 6.45) is 7.95. The van der Waals surface area contributed by atoms with E-state index in [0.29, 0.717) is 12.7 Å². The van der Waals surface area contributed by atoms with Gasteiger partial charge in [0, 0.05) is 5.56 Å². The standard InChI is InChI=1S/C15H22N2O/c16-15(17)14-10-6-5-7-12(14)11-18-13-8-3-1-2-4-9-13/h5-7,10,13H,1-4,8-9,11H2,(H3,16,17). The highest BCUT2D eigenvalue weighted by Gasteiger charge is 2.13. The zero-order chi connectivity index (χ0) is 12.8. The Morgan fingerprint density at radius 2 is 1.83 bits per heavy atom. The number of nitrogens with two attached hydrogens (primary N) is 1. The van der Waals surface area contributed by atoms with Crippen molar-refractivity contribution in [1.29, 1.82) is 5.41 Å². The van der Waals surface area contributed by atoms with E-state index in [4.69, 9.17) is 15.9 Å². The molecule has 0 atom stereocenters. The minimum atomic E-state index is 0.120. The summed E-state index contributed by atoms with van der Waals surface area (Å²) in [5.41, 5.74) is 7.40. The van der Waals surface area contributed by atoms with Crippen LogP contribution in [-0.2, 0) is 11.3 Å². The molecule has 1 saturated carbocycles. The lowest BCUT2D eigenvalue weighted by Crippen LogP contribution is -2.16. The number of ether oxygens (including phenoxy) is 1. The predicted octanol–water partition coefficient (Wildman–Crippen LogP) is 3.21. The summed E-state index contributed by atoms with van der Waals surface area (Å²) in [6.45, 7) is 0.570. The second-order valence-electron chi connectivity index (χ2n) is 5.00. The summed E-state index contributed by atoms with van der Waals surface area (Å²) in [7, 11) is 0. The Balaban J connectivity index is 1.94. The maximum atomic E-state index is 7.56. The predicted molar refractivity (Wildman–Crippen MR) is 73.7 cm³/mol. The number of nitrogen functional groups attached to an aromatic ring is 1. The number of hydrogen-bond donors (Lipinski definition) is 2. The molecule has 0 aliphatic heterocycles. The topological polar surface area (TPSA) is 59.1 Å². The molecule has 3 N–H and O–H groups in total. The molecule has 0 bridgehead atoms. The number of hydrogen-bond acceptors (Lipinski definition) is 2. The van der Waals surface area contributed by atoms with Gasteiger partial charge in [-0.05, 0) is 18.4 Å². The molecule has 98 valence electrons. The SMILES string of the molecule is N=C(N)c1ccccc1COC1CCCCCC1. The van der Waals surface area contributed by atoms with Crippen molar-refractivity contribution in [3.8, 4) is 0 Å². The Bertz CT molecular complexity index is 395. The van der Waals surface area contributed by atoms with Crippen molar-refractivity contribution in [1.82, 2.24) is 0 Å². The van der Waals surface area contributed by atoms with Gasteiger partial charge in [-0.3, -0.25) is 5.41 Å². The van der Waals surface area contributed by atoms with Crippen LogP contribution in [0.4, 0.5) is 0 Å². The normalized spacial score (nSPS) is 17.3. The van der Waals surface area contributed by atoms with Gasteiger partial charge in [0.1, 0.15) is 5.84 Å². The van der Waals surface area contributed by atoms with Gasteiger partial charge in [0.05, 0.1) is 12.7 Å². The minimum absolute atomic E-state index is 0.120. The molecule has 1 aliphatic rings. The highest BCUT2D eigenvalue weighted by atomic mass is 16.5. The van der Waals surface area contributed by atoms with Crippen molar-refractivity contribution in [3.63, 3.8) is 0 Å². The van der Waals surface area contributed by atoms with Crippen LogP contribution in [0.15, 0.2) is 24.3 Å². The van der Waals surface area contributed by atoms with Gasteiger partial charge in [-0.2, -0.15) is 0 Å². The molecule has 0 radical (unpaired) electrons. The van der Waals surface area contributed by atoms with E-state index in [1.807, 2.05) is 24.3 Å². The fourth-order valence-corrected chi connectivity index (χ4v) is 2.53. The minimum Gasteiger partial charge on any atom is -0.384 e. The Morgan fingerprint density at radius 3 is 2.50 bits per heavy atom. The van der Waals surface area contributed by atoms with Gasteiger partial charge in [-0.25, -0.2) is 0 Å². The van der Waals surface area contributed by atoms with Gasteiger partial charge in [0.15, 0.2) is 0 Å². The van der Waals surface area contributed by atoms with Crippen LogP contribution in [0.25, 0.3) is 0 Å². The van der Waals surface area contributed by atoms with Crippen molar-refractivity contribution in [2.45, 2.75) is 51.2 Å². The van der Waals surface area contributed by atoms with Gasteiger partial charge in [0.25, 0.3) is 0 Å². The Kier molecular flexibility index (Phi) is 4.76. The summed E-state index contributed by atoms with van der Waals surface area (Å²) in [4.78, 5) is 0. The third-order valence-electron chi connectivity index (χ3n) is 3.58. The molecule has 0 spiro atoms. The van der Waals surface area contributed by atoms with Gasteiger partial charge in [-0.15, -0.1) is 0 Å². The van der Waals surface area contributed by atoms with Crippen LogP contribution >= 0.6 is 0 Å². The number of nitrogens with one attached hydrogen (secondary N) is 1. The lowest BCUT2D eigenvalue weighted by Gasteiger charge is -2.16. The molecule has 3 heteroatoms. The van der Waals surface area contributed by atoms with Crippen molar-refractivity contribution in [3.05, 3.63) is 35.4 Å². The fourth-order valence-electron chi connectivity index (χ4n) is 2.53. The van der Waals surface area contributed by atoms with Crippen LogP contribution in [0.2, 0.25) is 0 Å². The van der Waals surface area contributed by atoms with E-state index in [0.717, 1.165) is 11.1 Å². The first-order valence-electron chi connectivity index (χ1n) is 6.81. The van der Waals surface area contributed by atoms with E-state index >= 15 is 0 Å². The maximum Gasteiger partial charge on any atom is 0.123 e. The van der Waals surface area contributed by atoms with Crippen molar-refractivity contribution >= 4 is 5.84 Å². The Morgan fingerprint density at radius 1 is 1.17 bits per heavy atom. The largest absolute Gasteiger partial charge is 0.384 e. The first-order chi connectivity index (χ1) is 8.77. The van der Waals surface area contributed by atoms with E-state index in [1.54, 1.807) is 0 Å². The summed E-state index contributed by atoms with van der Waals surface area (Å²) in [6, 6.07) is 7.76. The van der Waals surface area contributed by atoms with E-state index < -0.39 is 0 Å². The van der Waals surface area contributed by atoms with E-state index in [2.05, 4.69) is 0 Å². The zero-order valence-corrected chi connectivity index (χ0v) is 10.8. The second kappa shape index (κ2) is 6.55. The average Bonchev–Trinajstić information content (AvgIpc) is 2.65. The molecule has 3 nitrogen and oxygen atoms in total. The molecule has 1 aliphatic carbocycles. The number of benzene rings is 1. The highest BCUT2D eigenvalue weighted by Crippen LogP contribution is 2.21. The molecule has 18 heavy (non-hydrogen) atoms. The zero-order valence-electron chi connectivity index (χ0n) is 10.8. The van der Waals surface area contributed by atoms with Gasteiger partial charge < -0.3 is 10.5 Å². The monoisotopic (exact) mass is 246 g/mol. The van der Waals surface area contributed by atoms with Gasteiger partial charge >= 0.3 is 0 Å². The molecular weight excluding hydrogens is 224 g/mol. The molecule has 1 aromatic rings. The molecular formula is C15H22N2O. The third kappa shape index (κ3) is 3.57. The van der Waals surface area contributed by atoms with E-state index in [-0.39, 0.29) is 5.84 Å². The first kappa shape index (κ1) is 13.1. The summed E-state index contributed by atoms with van der Waals surface area (Å²) in [5.74, 6) is 0.120. The maximum absolute atomic E-state index is 7.56. The molecule has 1 aromatic carbocycles. The smallest absolute Gasteiger partial charge is 0.123 e. The van der Waals surface area contributed by atoms with Gasteiger partial charge in [0.2, 0.25) is 0 Å². The lowest BCUT2D eigenvalue weighted by atomic mass is 10.1. The summed E-state index contributed by atoms with van der Waals surface area (Å²) < 4.78 is 5.99. The summed E-state index contributed by atoms with van der Waals surface area (Å²) >= 11 is 0. The van der Waals surface area contributed by atoms with Crippen LogP contribution in [0, 0.1) is 5.41 Å².